The summed E-state index contributed by atoms with van der Waals surface area (Å²) in [4.78, 5) is 68.5. The van der Waals surface area contributed by atoms with Gasteiger partial charge in [-0.15, -0.1) is 0 Å². The topological polar surface area (TPSA) is 375 Å². The first-order valence-corrected chi connectivity index (χ1v) is 29.7. The smallest absolute Gasteiger partial charge is 0.255 e. The fourth-order valence-electron chi connectivity index (χ4n) is 10.3. The Balaban J connectivity index is 0.000000201. The number of nitrogen functional groups attached to an aromatic ring is 3. The number of nitrogens with two attached hydrogens (primary N) is 6. The number of anilines is 3. The highest BCUT2D eigenvalue weighted by atomic mass is 16.5. The molecule has 3 fully saturated rings. The van der Waals surface area contributed by atoms with Crippen LogP contribution in [0.5, 0.6) is 34.5 Å². The number of nitrogens with zero attached hydrogens (tertiary/aromatic N) is 10. The maximum absolute atomic E-state index is 12.5. The van der Waals surface area contributed by atoms with E-state index in [1.54, 1.807) is 133 Å². The highest BCUT2D eigenvalue weighted by Gasteiger charge is 2.33. The van der Waals surface area contributed by atoms with Crippen molar-refractivity contribution in [3.8, 4) is 70.0 Å². The normalized spacial score (nSPS) is 15.6. The number of likely N-dealkylation sites (N-methyl/N-ethyl adjacent to an activating group) is 2. The standard InChI is InChI=1S/2C24H30N6O4.C18H21N5O3/c2*1-28(2)10-5-6-21(31)29-11-9-17(15-29)30-23(25)22(24(26)32)20(27-30)8-7-16-12-18(33-3)14-19(13-16)34-4;1-25-13-7-11(8-14(9-13)26-2)3-4-15-16(18(20)24)17(19)23(22-15)12-5-6-21-10-12/h2*5-6,12-14,17H,9-11,15,25H2,1-4H3,(H2,26,32);7-9,12,21H,5-6,10,19H2,1-2H3,(H2,20,24)/b2*6-5+;/t2*17-;12-/m000/s1. The van der Waals surface area contributed by atoms with Gasteiger partial charge in [0.2, 0.25) is 11.8 Å². The molecule has 3 aliphatic rings. The lowest BCUT2D eigenvalue weighted by atomic mass is 10.1. The number of nitrogens with one attached hydrogen (secondary N) is 1. The molecule has 9 rings (SSSR count). The molecule has 0 spiro atoms. The van der Waals surface area contributed by atoms with Crippen LogP contribution in [0.2, 0.25) is 0 Å². The van der Waals surface area contributed by atoms with Crippen LogP contribution in [0.4, 0.5) is 17.5 Å². The van der Waals surface area contributed by atoms with Crippen LogP contribution < -0.4 is 68.1 Å². The zero-order valence-electron chi connectivity index (χ0n) is 54.4. The highest BCUT2D eigenvalue weighted by Crippen LogP contribution is 2.31. The van der Waals surface area contributed by atoms with E-state index in [2.05, 4.69) is 56.1 Å². The van der Waals surface area contributed by atoms with Crippen LogP contribution in [0.25, 0.3) is 0 Å². The number of methoxy groups -OCH3 is 6. The molecule has 0 unspecified atom stereocenters. The molecule has 3 atom stereocenters. The van der Waals surface area contributed by atoms with E-state index in [-0.39, 0.29) is 81.2 Å². The third kappa shape index (κ3) is 18.1. The first-order chi connectivity index (χ1) is 45.0. The van der Waals surface area contributed by atoms with Crippen molar-refractivity contribution >= 4 is 47.0 Å². The monoisotopic (exact) mass is 1290 g/mol. The Morgan fingerprint density at radius 1 is 0.479 bits per heavy atom. The van der Waals surface area contributed by atoms with Crippen LogP contribution in [0.15, 0.2) is 78.9 Å². The molecule has 13 N–H and O–H groups in total. The second-order valence-electron chi connectivity index (χ2n) is 22.2. The van der Waals surface area contributed by atoms with Gasteiger partial charge in [0.05, 0.1) is 60.8 Å². The van der Waals surface area contributed by atoms with Crippen molar-refractivity contribution in [2.45, 2.75) is 37.4 Å². The lowest BCUT2D eigenvalue weighted by Crippen LogP contribution is -2.28. The number of rotatable bonds is 18. The number of aromatic nitrogens is 6. The Hall–Kier alpha value is -11.1. The van der Waals surface area contributed by atoms with E-state index < -0.39 is 17.7 Å². The van der Waals surface area contributed by atoms with E-state index in [1.807, 2.05) is 50.1 Å². The molecule has 5 amide bonds. The molecule has 496 valence electrons. The van der Waals surface area contributed by atoms with Crippen molar-refractivity contribution in [2.75, 3.05) is 140 Å². The summed E-state index contributed by atoms with van der Waals surface area (Å²) in [5, 5.41) is 16.6. The Bertz CT molecular complexity index is 3760. The molecular formula is C66H81N17O11. The van der Waals surface area contributed by atoms with Gasteiger partial charge in [-0.3, -0.25) is 24.0 Å². The van der Waals surface area contributed by atoms with Crippen molar-refractivity contribution in [3.05, 3.63) is 129 Å². The molecule has 0 bridgehead atoms. The Labute approximate surface area is 546 Å². The fraction of sp³-hybridized carbons (Fsp3) is 0.364. The molecule has 0 radical (unpaired) electrons. The molecule has 3 aliphatic heterocycles. The van der Waals surface area contributed by atoms with Gasteiger partial charge in [-0.25, -0.2) is 14.0 Å². The first kappa shape index (κ1) is 70.3. The molecule has 28 heteroatoms. The first-order valence-electron chi connectivity index (χ1n) is 29.7. The minimum Gasteiger partial charge on any atom is -0.497 e. The zero-order chi connectivity index (χ0) is 68.3. The summed E-state index contributed by atoms with van der Waals surface area (Å²) in [6, 6.07) is 15.4. The van der Waals surface area contributed by atoms with Crippen LogP contribution in [0, 0.1) is 35.5 Å². The quantitative estimate of drug-likeness (QED) is 0.0479. The molecule has 28 nitrogen and oxygen atoms in total. The van der Waals surface area contributed by atoms with Gasteiger partial charge in [-0.1, -0.05) is 29.9 Å². The van der Waals surface area contributed by atoms with Crippen molar-refractivity contribution < 1.29 is 52.4 Å². The molecule has 6 aromatic rings. The summed E-state index contributed by atoms with van der Waals surface area (Å²) in [7, 11) is 17.1. The number of likely N-dealkylation sites (tertiary alicyclic amines) is 2. The average molecular weight is 1290 g/mol. The van der Waals surface area contributed by atoms with E-state index in [0.29, 0.717) is 103 Å². The minimum absolute atomic E-state index is 0.0676. The molecule has 0 aliphatic carbocycles. The Morgan fingerprint density at radius 2 is 0.777 bits per heavy atom. The molecule has 0 saturated carbocycles. The molecule has 6 heterocycles. The number of carbonyl (C=O) groups excluding carboxylic acids is 5. The van der Waals surface area contributed by atoms with E-state index >= 15 is 0 Å². The van der Waals surface area contributed by atoms with Crippen molar-refractivity contribution in [1.82, 2.24) is 54.3 Å². The van der Waals surface area contributed by atoms with Gasteiger partial charge in [-0.2, -0.15) is 15.3 Å². The average Bonchev–Trinajstić information content (AvgIpc) is 1.66. The summed E-state index contributed by atoms with van der Waals surface area (Å²) in [6.07, 6.45) is 8.97. The number of amides is 5. The van der Waals surface area contributed by atoms with E-state index in [4.69, 9.17) is 62.8 Å². The van der Waals surface area contributed by atoms with Crippen LogP contribution in [0.3, 0.4) is 0 Å². The SMILES string of the molecule is COc1cc(C#Cc2nn([C@H]3CCN(C(=O)/C=C/CN(C)C)C3)c(N)c2C(N)=O)cc(OC)c1.COc1cc(C#Cc2nn([C@H]3CCN(C(=O)/C=C/CN(C)C)C3)c(N)c2C(N)=O)cc(OC)c1.COc1cc(C#Cc2nn([C@H]3CCNC3)c(N)c2C(N)=O)cc(OC)c1. The van der Waals surface area contributed by atoms with Crippen molar-refractivity contribution in [1.29, 1.82) is 0 Å². The van der Waals surface area contributed by atoms with Gasteiger partial charge < -0.3 is 87.7 Å². The molecule has 3 aromatic carbocycles. The number of hydrogen-bond acceptors (Lipinski definition) is 20. The van der Waals surface area contributed by atoms with Crippen LogP contribution in [-0.2, 0) is 9.59 Å². The lowest BCUT2D eigenvalue weighted by Gasteiger charge is -2.15. The third-order valence-corrected chi connectivity index (χ3v) is 15.1. The molecule has 94 heavy (non-hydrogen) atoms. The summed E-state index contributed by atoms with van der Waals surface area (Å²) in [5.74, 6) is 19.5. The van der Waals surface area contributed by atoms with E-state index in [1.165, 1.54) is 0 Å². The summed E-state index contributed by atoms with van der Waals surface area (Å²) >= 11 is 0. The summed E-state index contributed by atoms with van der Waals surface area (Å²) in [5.41, 5.74) is 38.1. The third-order valence-electron chi connectivity index (χ3n) is 15.1. The number of primary amides is 3. The van der Waals surface area contributed by atoms with Crippen LogP contribution >= 0.6 is 0 Å². The van der Waals surface area contributed by atoms with Gasteiger partial charge in [-0.05, 0) is 108 Å². The van der Waals surface area contributed by atoms with E-state index in [0.717, 1.165) is 19.5 Å². The van der Waals surface area contributed by atoms with Gasteiger partial charge >= 0.3 is 0 Å². The maximum Gasteiger partial charge on any atom is 0.255 e. The summed E-state index contributed by atoms with van der Waals surface area (Å²) < 4.78 is 36.3. The van der Waals surface area contributed by atoms with Gasteiger partial charge in [0.1, 0.15) is 68.6 Å². The van der Waals surface area contributed by atoms with Crippen molar-refractivity contribution in [2.24, 2.45) is 17.2 Å². The highest BCUT2D eigenvalue weighted by molar-refractivity contribution is 6.01. The number of carbonyl (C=O) groups is 5. The second-order valence-corrected chi connectivity index (χ2v) is 22.2. The number of benzene rings is 3. The lowest BCUT2D eigenvalue weighted by molar-refractivity contribution is -0.125. The minimum atomic E-state index is -0.714. The Morgan fingerprint density at radius 3 is 1.03 bits per heavy atom. The molecule has 3 aromatic heterocycles. The predicted octanol–water partition coefficient (Wildman–Crippen LogP) is 2.26. The predicted molar refractivity (Wildman–Crippen MR) is 354 cm³/mol. The molecular weight excluding hydrogens is 1210 g/mol. The van der Waals surface area contributed by atoms with Crippen LogP contribution in [0.1, 0.15) is 102 Å². The molecule has 3 saturated heterocycles. The largest absolute Gasteiger partial charge is 0.497 e. The zero-order valence-corrected chi connectivity index (χ0v) is 54.4. The van der Waals surface area contributed by atoms with Gasteiger partial charge in [0.15, 0.2) is 17.1 Å². The van der Waals surface area contributed by atoms with Crippen molar-refractivity contribution in [3.63, 3.8) is 0 Å². The van der Waals surface area contributed by atoms with Gasteiger partial charge in [0.25, 0.3) is 17.7 Å². The number of hydrogen-bond donors (Lipinski definition) is 7. The van der Waals surface area contributed by atoms with Crippen LogP contribution in [-0.4, -0.2) is 202 Å². The summed E-state index contributed by atoms with van der Waals surface area (Å²) in [6.45, 7) is 4.95. The van der Waals surface area contributed by atoms with E-state index in [9.17, 15) is 24.0 Å². The Kier molecular flexibility index (Phi) is 24.5. The number of ether oxygens (including phenoxy) is 6. The maximum atomic E-state index is 12.5. The fourth-order valence-corrected chi connectivity index (χ4v) is 10.3. The van der Waals surface area contributed by atoms with Gasteiger partial charge in [0, 0.05) is 92.9 Å². The second kappa shape index (κ2) is 32.8.